The Hall–Kier alpha value is -3.06. The maximum atomic E-state index is 6.04. The van der Waals surface area contributed by atoms with Crippen LogP contribution in [0, 0.1) is 0 Å². The van der Waals surface area contributed by atoms with Crippen molar-refractivity contribution >= 4 is 28.1 Å². The largest absolute Gasteiger partial charge is 0.492 e. The zero-order chi connectivity index (χ0) is 22.5. The molecule has 0 saturated carbocycles. The molecule has 1 aromatic heterocycles. The molecule has 7 nitrogen and oxygen atoms in total. The van der Waals surface area contributed by atoms with Crippen LogP contribution in [0.25, 0.3) is 10.9 Å². The van der Waals surface area contributed by atoms with E-state index in [2.05, 4.69) is 30.1 Å². The number of para-hydroxylation sites is 1. The first-order valence-electron chi connectivity index (χ1n) is 11.4. The molecule has 170 valence electrons. The normalized spacial score (nSPS) is 14.1. The molecule has 1 N–H and O–H groups in total. The van der Waals surface area contributed by atoms with Gasteiger partial charge in [0.2, 0.25) is 0 Å². The van der Waals surface area contributed by atoms with Gasteiger partial charge in [-0.05, 0) is 26.0 Å². The lowest BCUT2D eigenvalue weighted by atomic mass is 10.1. The summed E-state index contributed by atoms with van der Waals surface area (Å²) in [5, 5.41) is 4.49. The maximum absolute atomic E-state index is 6.04. The van der Waals surface area contributed by atoms with Crippen LogP contribution < -0.4 is 19.7 Å². The van der Waals surface area contributed by atoms with Crippen LogP contribution in [0.3, 0.4) is 0 Å². The minimum atomic E-state index is 0.217. The summed E-state index contributed by atoms with van der Waals surface area (Å²) in [7, 11) is 0. The van der Waals surface area contributed by atoms with Gasteiger partial charge in [0.25, 0.3) is 0 Å². The number of hydrogen-bond donors (Lipinski definition) is 1. The highest BCUT2D eigenvalue weighted by atomic mass is 16.5. The number of benzene rings is 2. The number of ether oxygens (including phenoxy) is 3. The number of hydrogen-bond acceptors (Lipinski definition) is 7. The molecule has 2 aromatic carbocycles. The summed E-state index contributed by atoms with van der Waals surface area (Å²) in [6.07, 6.45) is 0. The Morgan fingerprint density at radius 2 is 1.72 bits per heavy atom. The third-order valence-corrected chi connectivity index (χ3v) is 5.40. The summed E-state index contributed by atoms with van der Waals surface area (Å²) >= 11 is 0. The fourth-order valence-corrected chi connectivity index (χ4v) is 3.82. The van der Waals surface area contributed by atoms with Crippen molar-refractivity contribution in [1.82, 2.24) is 9.97 Å². The summed E-state index contributed by atoms with van der Waals surface area (Å²) in [6, 6.07) is 12.1. The number of morpholine rings is 1. The van der Waals surface area contributed by atoms with Gasteiger partial charge < -0.3 is 24.4 Å². The summed E-state index contributed by atoms with van der Waals surface area (Å²) < 4.78 is 17.6. The Kier molecular flexibility index (Phi) is 6.95. The lowest BCUT2D eigenvalue weighted by molar-refractivity contribution is 0.122. The number of rotatable bonds is 8. The van der Waals surface area contributed by atoms with E-state index in [-0.39, 0.29) is 5.92 Å². The molecule has 0 unspecified atom stereocenters. The van der Waals surface area contributed by atoms with Crippen LogP contribution in [0.5, 0.6) is 11.5 Å². The van der Waals surface area contributed by atoms with Crippen LogP contribution >= 0.6 is 0 Å². The van der Waals surface area contributed by atoms with Gasteiger partial charge >= 0.3 is 0 Å². The third-order valence-electron chi connectivity index (χ3n) is 5.40. The van der Waals surface area contributed by atoms with Gasteiger partial charge in [0.1, 0.15) is 23.1 Å². The summed E-state index contributed by atoms with van der Waals surface area (Å²) in [4.78, 5) is 11.9. The smallest absolute Gasteiger partial charge is 0.145 e. The van der Waals surface area contributed by atoms with Crippen LogP contribution in [0.2, 0.25) is 0 Å². The van der Waals surface area contributed by atoms with Crippen molar-refractivity contribution in [2.75, 3.05) is 49.7 Å². The molecular formula is C25H32N4O3. The number of nitrogens with one attached hydrogen (secondary N) is 1. The number of fused-ring (bicyclic) bond motifs is 1. The van der Waals surface area contributed by atoms with E-state index in [1.54, 1.807) is 0 Å². The second kappa shape index (κ2) is 10.0. The van der Waals surface area contributed by atoms with E-state index in [0.717, 1.165) is 58.5 Å². The quantitative estimate of drug-likeness (QED) is 0.525. The zero-order valence-corrected chi connectivity index (χ0v) is 19.4. The lowest BCUT2D eigenvalue weighted by Gasteiger charge is -2.31. The minimum absolute atomic E-state index is 0.217. The zero-order valence-electron chi connectivity index (χ0n) is 19.4. The minimum Gasteiger partial charge on any atom is -0.492 e. The van der Waals surface area contributed by atoms with Gasteiger partial charge in [0.15, 0.2) is 0 Å². The van der Waals surface area contributed by atoms with Crippen molar-refractivity contribution in [2.24, 2.45) is 0 Å². The Bertz CT molecular complexity index is 1060. The molecule has 2 heterocycles. The fraction of sp³-hybridized carbons (Fsp3) is 0.440. The molecule has 7 heteroatoms. The van der Waals surface area contributed by atoms with Gasteiger partial charge in [0, 0.05) is 36.5 Å². The Morgan fingerprint density at radius 1 is 1.00 bits per heavy atom. The van der Waals surface area contributed by atoms with Crippen molar-refractivity contribution in [2.45, 2.75) is 33.6 Å². The van der Waals surface area contributed by atoms with Crippen molar-refractivity contribution < 1.29 is 14.2 Å². The Balaban J connectivity index is 1.80. The fourth-order valence-electron chi connectivity index (χ4n) is 3.82. The first kappa shape index (κ1) is 22.1. The van der Waals surface area contributed by atoms with Crippen LogP contribution in [0.1, 0.15) is 39.4 Å². The summed E-state index contributed by atoms with van der Waals surface area (Å²) in [6.45, 7) is 12.4. The van der Waals surface area contributed by atoms with E-state index in [0.29, 0.717) is 26.4 Å². The van der Waals surface area contributed by atoms with Gasteiger partial charge in [-0.25, -0.2) is 9.97 Å². The van der Waals surface area contributed by atoms with E-state index in [1.165, 1.54) is 0 Å². The summed E-state index contributed by atoms with van der Waals surface area (Å²) in [5.41, 5.74) is 2.77. The van der Waals surface area contributed by atoms with E-state index in [9.17, 15) is 0 Å². The molecule has 1 saturated heterocycles. The first-order chi connectivity index (χ1) is 15.6. The van der Waals surface area contributed by atoms with E-state index in [1.807, 2.05) is 44.2 Å². The van der Waals surface area contributed by atoms with Gasteiger partial charge in [-0.15, -0.1) is 0 Å². The lowest BCUT2D eigenvalue weighted by Crippen LogP contribution is -2.36. The Labute approximate surface area is 189 Å². The monoisotopic (exact) mass is 436 g/mol. The van der Waals surface area contributed by atoms with E-state index in [4.69, 9.17) is 24.2 Å². The SMILES string of the molecule is CCOc1cc(N2CCOCC2)c(OCC)cc1Nc1nc(C(C)C)nc2ccccc12. The number of nitrogens with zero attached hydrogens (tertiary/aromatic N) is 3. The molecule has 0 spiro atoms. The third kappa shape index (κ3) is 4.72. The van der Waals surface area contributed by atoms with Crippen LogP contribution in [-0.4, -0.2) is 49.5 Å². The molecule has 1 aliphatic heterocycles. The molecule has 0 aliphatic carbocycles. The molecule has 0 radical (unpaired) electrons. The maximum Gasteiger partial charge on any atom is 0.145 e. The molecular weight excluding hydrogens is 404 g/mol. The van der Waals surface area contributed by atoms with Crippen LogP contribution in [0.15, 0.2) is 36.4 Å². The van der Waals surface area contributed by atoms with Crippen molar-refractivity contribution in [3.8, 4) is 11.5 Å². The Morgan fingerprint density at radius 3 is 2.44 bits per heavy atom. The predicted octanol–water partition coefficient (Wildman–Crippen LogP) is 5.13. The summed E-state index contributed by atoms with van der Waals surface area (Å²) in [5.74, 6) is 3.38. The average Bonchev–Trinajstić information content (AvgIpc) is 2.81. The second-order valence-corrected chi connectivity index (χ2v) is 8.01. The highest BCUT2D eigenvalue weighted by Crippen LogP contribution is 2.41. The standard InChI is InChI=1S/C25H32N4O3/c1-5-31-22-16-21(29-11-13-30-14-12-29)23(32-6-2)15-20(22)27-25-18-9-7-8-10-19(18)26-24(28-25)17(3)4/h7-10,15-17H,5-6,11-14H2,1-4H3,(H,26,27,28). The van der Waals surface area contributed by atoms with Gasteiger partial charge in [-0.2, -0.15) is 0 Å². The highest BCUT2D eigenvalue weighted by molar-refractivity contribution is 5.91. The van der Waals surface area contributed by atoms with E-state index < -0.39 is 0 Å². The van der Waals surface area contributed by atoms with Gasteiger partial charge in [0.05, 0.1) is 43.3 Å². The van der Waals surface area contributed by atoms with Gasteiger partial charge in [-0.3, -0.25) is 0 Å². The average molecular weight is 437 g/mol. The topological polar surface area (TPSA) is 68.7 Å². The predicted molar refractivity (Wildman–Crippen MR) is 129 cm³/mol. The highest BCUT2D eigenvalue weighted by Gasteiger charge is 2.20. The first-order valence-corrected chi connectivity index (χ1v) is 11.4. The molecule has 1 fully saturated rings. The van der Waals surface area contributed by atoms with Gasteiger partial charge in [-0.1, -0.05) is 26.0 Å². The molecule has 0 bridgehead atoms. The second-order valence-electron chi connectivity index (χ2n) is 8.01. The molecule has 0 amide bonds. The number of aromatic nitrogens is 2. The van der Waals surface area contributed by atoms with Crippen LogP contribution in [0.4, 0.5) is 17.2 Å². The number of anilines is 3. The molecule has 32 heavy (non-hydrogen) atoms. The van der Waals surface area contributed by atoms with Crippen LogP contribution in [-0.2, 0) is 4.74 Å². The van der Waals surface area contributed by atoms with Crippen molar-refractivity contribution in [3.63, 3.8) is 0 Å². The molecule has 0 atom stereocenters. The molecule has 3 aromatic rings. The van der Waals surface area contributed by atoms with Crippen molar-refractivity contribution in [3.05, 3.63) is 42.2 Å². The molecule has 1 aliphatic rings. The van der Waals surface area contributed by atoms with E-state index >= 15 is 0 Å². The molecule has 4 rings (SSSR count). The van der Waals surface area contributed by atoms with Crippen molar-refractivity contribution in [1.29, 1.82) is 0 Å².